The Balaban J connectivity index is 1.50. The van der Waals surface area contributed by atoms with E-state index in [1.165, 1.54) is 12.1 Å². The van der Waals surface area contributed by atoms with E-state index in [2.05, 4.69) is 33.3 Å². The van der Waals surface area contributed by atoms with E-state index in [9.17, 15) is 18.4 Å². The summed E-state index contributed by atoms with van der Waals surface area (Å²) in [4.78, 5) is 33.5. The molecule has 2 aliphatic heterocycles. The van der Waals surface area contributed by atoms with Crippen molar-refractivity contribution < 1.29 is 23.1 Å². The third kappa shape index (κ3) is 6.85. The van der Waals surface area contributed by atoms with Crippen LogP contribution in [0.25, 0.3) is 0 Å². The summed E-state index contributed by atoms with van der Waals surface area (Å²) in [7, 11) is 0. The molecule has 2 heterocycles. The van der Waals surface area contributed by atoms with Crippen molar-refractivity contribution in [3.63, 3.8) is 0 Å². The monoisotopic (exact) mass is 553 g/mol. The van der Waals surface area contributed by atoms with E-state index in [4.69, 9.17) is 4.74 Å². The van der Waals surface area contributed by atoms with Gasteiger partial charge in [0.2, 0.25) is 5.91 Å². The fourth-order valence-corrected chi connectivity index (χ4v) is 5.47. The number of esters is 1. The van der Waals surface area contributed by atoms with Gasteiger partial charge in [0, 0.05) is 50.6 Å². The maximum Gasteiger partial charge on any atom is 0.309 e. The van der Waals surface area contributed by atoms with Crippen molar-refractivity contribution in [1.29, 1.82) is 0 Å². The number of carbonyl (C=O) groups excluding carboxylic acids is 2. The Morgan fingerprint density at radius 1 is 1.20 bits per heavy atom. The first-order valence-corrected chi connectivity index (χ1v) is 13.7. The first-order chi connectivity index (χ1) is 19.3. The van der Waals surface area contributed by atoms with Gasteiger partial charge < -0.3 is 25.2 Å². The van der Waals surface area contributed by atoms with Gasteiger partial charge >= 0.3 is 5.97 Å². The van der Waals surface area contributed by atoms with Crippen molar-refractivity contribution in [1.82, 2.24) is 10.6 Å². The van der Waals surface area contributed by atoms with Crippen LogP contribution in [-0.4, -0.2) is 58.0 Å². The van der Waals surface area contributed by atoms with Crippen LogP contribution in [0.1, 0.15) is 36.8 Å². The number of piperidine rings is 1. The normalized spacial score (nSPS) is 19.6. The van der Waals surface area contributed by atoms with Crippen LogP contribution < -0.4 is 20.4 Å². The Kier molecular flexibility index (Phi) is 9.87. The van der Waals surface area contributed by atoms with Crippen molar-refractivity contribution in [2.75, 3.05) is 49.3 Å². The number of nitrogens with one attached hydrogen (secondary N) is 2. The maximum atomic E-state index is 14.5. The molecule has 1 amide bonds. The van der Waals surface area contributed by atoms with Crippen LogP contribution in [0.4, 0.5) is 20.2 Å². The van der Waals surface area contributed by atoms with E-state index in [0.717, 1.165) is 23.0 Å². The molecular weight excluding hydrogens is 516 g/mol. The zero-order chi connectivity index (χ0) is 28.6. The lowest BCUT2D eigenvalue weighted by atomic mass is 9.88. The van der Waals surface area contributed by atoms with Crippen LogP contribution in [0.3, 0.4) is 0 Å². The lowest BCUT2D eigenvalue weighted by Gasteiger charge is -2.36. The summed E-state index contributed by atoms with van der Waals surface area (Å²) in [6, 6.07) is 9.58. The molecule has 0 aliphatic carbocycles. The van der Waals surface area contributed by atoms with Crippen LogP contribution >= 0.6 is 0 Å². The third-order valence-electron chi connectivity index (χ3n) is 7.58. The Bertz CT molecular complexity index is 1250. The van der Waals surface area contributed by atoms with E-state index in [1.54, 1.807) is 12.4 Å². The van der Waals surface area contributed by atoms with Gasteiger partial charge in [-0.1, -0.05) is 12.1 Å². The average molecular weight is 554 g/mol. The third-order valence-corrected chi connectivity index (χ3v) is 7.58. The average Bonchev–Trinajstić information content (AvgIpc) is 3.43. The second kappa shape index (κ2) is 13.5. The fraction of sp³-hybridized carbons (Fsp3) is 0.433. The fourth-order valence-electron chi connectivity index (χ4n) is 5.47. The number of benzene rings is 2. The highest BCUT2D eigenvalue weighted by molar-refractivity contribution is 5.81. The molecule has 2 saturated heterocycles. The molecule has 2 aromatic rings. The molecule has 0 saturated carbocycles. The molecule has 8 nitrogen and oxygen atoms in total. The van der Waals surface area contributed by atoms with Gasteiger partial charge in [0.05, 0.1) is 36.5 Å². The maximum absolute atomic E-state index is 14.5. The summed E-state index contributed by atoms with van der Waals surface area (Å²) in [5.74, 6) is -2.69. The molecular formula is C30H37F2N5O3. The number of nitrogens with zero attached hydrogens (tertiary/aromatic N) is 3. The molecule has 2 aromatic carbocycles. The van der Waals surface area contributed by atoms with Crippen molar-refractivity contribution >= 4 is 30.0 Å². The summed E-state index contributed by atoms with van der Waals surface area (Å²) in [6.45, 7) is 10.1. The Labute approximate surface area is 234 Å². The minimum absolute atomic E-state index is 0.108. The summed E-state index contributed by atoms with van der Waals surface area (Å²) in [5, 5.41) is 6.16. The molecule has 2 aliphatic rings. The van der Waals surface area contributed by atoms with Gasteiger partial charge in [-0.2, -0.15) is 0 Å². The van der Waals surface area contributed by atoms with E-state index >= 15 is 0 Å². The van der Waals surface area contributed by atoms with Crippen molar-refractivity contribution in [2.45, 2.75) is 32.6 Å². The van der Waals surface area contributed by atoms with E-state index < -0.39 is 23.5 Å². The van der Waals surface area contributed by atoms with Crippen LogP contribution in [0, 0.1) is 30.4 Å². The molecule has 2 N–H and O–H groups in total. The molecule has 2 fully saturated rings. The second-order valence-corrected chi connectivity index (χ2v) is 10.2. The van der Waals surface area contributed by atoms with Crippen molar-refractivity contribution in [3.8, 4) is 0 Å². The zero-order valence-electron chi connectivity index (χ0n) is 23.0. The first kappa shape index (κ1) is 29.2. The smallest absolute Gasteiger partial charge is 0.309 e. The van der Waals surface area contributed by atoms with E-state index in [0.29, 0.717) is 51.2 Å². The molecule has 0 aromatic heterocycles. The molecule has 10 heteroatoms. The zero-order valence-corrected chi connectivity index (χ0v) is 23.0. The van der Waals surface area contributed by atoms with Gasteiger partial charge in [0.1, 0.15) is 11.6 Å². The van der Waals surface area contributed by atoms with Crippen LogP contribution in [0.5, 0.6) is 0 Å². The molecule has 0 radical (unpaired) electrons. The highest BCUT2D eigenvalue weighted by Crippen LogP contribution is 2.34. The first-order valence-electron chi connectivity index (χ1n) is 13.7. The quantitative estimate of drug-likeness (QED) is 0.262. The molecule has 1 unspecified atom stereocenters. The Morgan fingerprint density at radius 3 is 2.67 bits per heavy atom. The number of rotatable bonds is 10. The molecule has 0 spiro atoms. The van der Waals surface area contributed by atoms with Gasteiger partial charge in [-0.3, -0.25) is 14.6 Å². The molecule has 0 bridgehead atoms. The van der Waals surface area contributed by atoms with Gasteiger partial charge in [-0.25, -0.2) is 8.78 Å². The Hall–Kier alpha value is -3.79. The van der Waals surface area contributed by atoms with Crippen LogP contribution in [0.2, 0.25) is 0 Å². The SMILES string of the molecule is C=N/C=C\N(CNC(=O)C1CNC[C@H]1c1ccc(F)cc1F)c1ccc(C)cc1N1CCC(C(=O)OCC)CC1. The molecule has 2 atom stereocenters. The lowest BCUT2D eigenvalue weighted by Crippen LogP contribution is -2.41. The van der Waals surface area contributed by atoms with E-state index in [1.807, 2.05) is 30.9 Å². The summed E-state index contributed by atoms with van der Waals surface area (Å²) in [5.41, 5.74) is 3.26. The van der Waals surface area contributed by atoms with Crippen molar-refractivity contribution in [3.05, 3.63) is 71.6 Å². The standard InChI is InChI=1S/C30H37F2N5O3/c1-4-40-30(39)21-9-12-36(13-10-21)28-15-20(2)5-8-27(28)37(14-11-33-3)19-35-29(38)25-18-34-17-24(25)23-7-6-22(31)16-26(23)32/h5-8,11,14-16,21,24-25,34H,3-4,9-10,12-13,17-19H2,1-2H3,(H,35,38)/b14-11-/t24-,25?/m0/s1. The summed E-state index contributed by atoms with van der Waals surface area (Å²) < 4.78 is 33.2. The predicted molar refractivity (Wildman–Crippen MR) is 152 cm³/mol. The molecule has 4 rings (SSSR count). The number of carbonyl (C=O) groups is 2. The van der Waals surface area contributed by atoms with Crippen LogP contribution in [0.15, 0.2) is 53.8 Å². The largest absolute Gasteiger partial charge is 0.466 e. The Morgan fingerprint density at radius 2 is 1.98 bits per heavy atom. The number of hydrogen-bond acceptors (Lipinski definition) is 7. The molecule has 40 heavy (non-hydrogen) atoms. The number of aliphatic imine (C=N–C) groups is 1. The molecule has 214 valence electrons. The lowest BCUT2D eigenvalue weighted by molar-refractivity contribution is -0.148. The number of ether oxygens (including phenoxy) is 1. The van der Waals surface area contributed by atoms with Gasteiger partial charge in [-0.15, -0.1) is 0 Å². The van der Waals surface area contributed by atoms with Gasteiger partial charge in [0.15, 0.2) is 0 Å². The van der Waals surface area contributed by atoms with E-state index in [-0.39, 0.29) is 24.5 Å². The second-order valence-electron chi connectivity index (χ2n) is 10.2. The highest BCUT2D eigenvalue weighted by Gasteiger charge is 2.36. The number of hydrogen-bond donors (Lipinski definition) is 2. The number of amides is 1. The summed E-state index contributed by atoms with van der Waals surface area (Å²) in [6.07, 6.45) is 4.69. The van der Waals surface area contributed by atoms with Crippen LogP contribution in [-0.2, 0) is 14.3 Å². The number of halogens is 2. The minimum atomic E-state index is -0.649. The van der Waals surface area contributed by atoms with Gasteiger partial charge in [0.25, 0.3) is 0 Å². The van der Waals surface area contributed by atoms with Gasteiger partial charge in [-0.05, 0) is 62.7 Å². The number of aryl methyl sites for hydroxylation is 1. The predicted octanol–water partition coefficient (Wildman–Crippen LogP) is 4.11. The topological polar surface area (TPSA) is 86.3 Å². The summed E-state index contributed by atoms with van der Waals surface area (Å²) >= 11 is 0. The minimum Gasteiger partial charge on any atom is -0.466 e. The highest BCUT2D eigenvalue weighted by atomic mass is 19.1. The van der Waals surface area contributed by atoms with Crippen molar-refractivity contribution in [2.24, 2.45) is 16.8 Å². The number of anilines is 2.